The van der Waals surface area contributed by atoms with Crippen molar-refractivity contribution in [1.82, 2.24) is 5.32 Å². The largest absolute Gasteiger partial charge is 0.350 e. The Kier molecular flexibility index (Phi) is 3.75. The second-order valence-electron chi connectivity index (χ2n) is 2.41. The van der Waals surface area contributed by atoms with Gasteiger partial charge in [0.05, 0.1) is 11.4 Å². The lowest BCUT2D eigenvalue weighted by atomic mass is 10.4. The fourth-order valence-electron chi connectivity index (χ4n) is 0.728. The maximum atomic E-state index is 11.1. The molecule has 1 amide bonds. The predicted octanol–water partition coefficient (Wildman–Crippen LogP) is 2.15. The molecule has 1 aromatic heterocycles. The van der Waals surface area contributed by atoms with Crippen LogP contribution in [0.1, 0.15) is 11.8 Å². The third-order valence-corrected chi connectivity index (χ3v) is 2.67. The van der Waals surface area contributed by atoms with Gasteiger partial charge in [-0.15, -0.1) is 11.3 Å². The Labute approximate surface area is 84.1 Å². The van der Waals surface area contributed by atoms with E-state index >= 15 is 0 Å². The van der Waals surface area contributed by atoms with Crippen molar-refractivity contribution in [2.45, 2.75) is 18.3 Å². The summed E-state index contributed by atoms with van der Waals surface area (Å²) in [6, 6.07) is 3.98. The van der Waals surface area contributed by atoms with E-state index in [2.05, 4.69) is 21.2 Å². The molecule has 0 bridgehead atoms. The fraction of sp³-hybridized carbons (Fsp3) is 0.375. The van der Waals surface area contributed by atoms with E-state index in [1.165, 1.54) is 4.88 Å². The number of carbonyl (C=O) groups excluding carboxylic acids is 1. The van der Waals surface area contributed by atoms with Crippen LogP contribution in [0.4, 0.5) is 0 Å². The molecule has 1 unspecified atom stereocenters. The Morgan fingerprint density at radius 2 is 2.58 bits per heavy atom. The fourth-order valence-corrected chi connectivity index (χ4v) is 1.53. The first-order chi connectivity index (χ1) is 5.70. The molecule has 0 aliphatic heterocycles. The molecule has 1 atom stereocenters. The number of nitrogens with one attached hydrogen (secondary N) is 1. The summed E-state index contributed by atoms with van der Waals surface area (Å²) in [5.74, 6) is 0.0309. The summed E-state index contributed by atoms with van der Waals surface area (Å²) >= 11 is 4.84. The average Bonchev–Trinajstić information content (AvgIpc) is 2.51. The second-order valence-corrected chi connectivity index (χ2v) is 4.82. The normalized spacial score (nSPS) is 12.5. The van der Waals surface area contributed by atoms with Gasteiger partial charge in [-0.1, -0.05) is 22.0 Å². The monoisotopic (exact) mass is 247 g/mol. The number of hydrogen-bond donors (Lipinski definition) is 1. The SMILES string of the molecule is CC(Br)C(=O)NCc1cccs1. The first kappa shape index (κ1) is 9.74. The first-order valence-electron chi connectivity index (χ1n) is 3.64. The van der Waals surface area contributed by atoms with Crippen LogP contribution in [-0.2, 0) is 11.3 Å². The number of alkyl halides is 1. The minimum Gasteiger partial charge on any atom is -0.350 e. The van der Waals surface area contributed by atoms with Crippen molar-refractivity contribution in [1.29, 1.82) is 0 Å². The van der Waals surface area contributed by atoms with Crippen LogP contribution in [0.15, 0.2) is 17.5 Å². The topological polar surface area (TPSA) is 29.1 Å². The van der Waals surface area contributed by atoms with Crippen LogP contribution in [0.25, 0.3) is 0 Å². The highest BCUT2D eigenvalue weighted by Crippen LogP contribution is 2.07. The van der Waals surface area contributed by atoms with Crippen molar-refractivity contribution in [3.63, 3.8) is 0 Å². The second kappa shape index (κ2) is 4.62. The zero-order valence-corrected chi connectivity index (χ0v) is 9.11. The molecular formula is C8H10BrNOS. The zero-order chi connectivity index (χ0) is 8.97. The highest BCUT2D eigenvalue weighted by Gasteiger charge is 2.07. The third-order valence-electron chi connectivity index (χ3n) is 1.38. The zero-order valence-electron chi connectivity index (χ0n) is 6.71. The predicted molar refractivity (Wildman–Crippen MR) is 54.6 cm³/mol. The average molecular weight is 248 g/mol. The van der Waals surface area contributed by atoms with E-state index in [9.17, 15) is 4.79 Å². The van der Waals surface area contributed by atoms with E-state index in [0.717, 1.165) is 0 Å². The molecule has 4 heteroatoms. The highest BCUT2D eigenvalue weighted by molar-refractivity contribution is 9.10. The summed E-state index contributed by atoms with van der Waals surface area (Å²) in [4.78, 5) is 12.1. The van der Waals surface area contributed by atoms with Crippen molar-refractivity contribution in [3.8, 4) is 0 Å². The van der Waals surface area contributed by atoms with Crippen LogP contribution in [0, 0.1) is 0 Å². The van der Waals surface area contributed by atoms with E-state index in [4.69, 9.17) is 0 Å². The molecule has 0 aliphatic rings. The minimum atomic E-state index is -0.113. The van der Waals surface area contributed by atoms with Crippen molar-refractivity contribution in [3.05, 3.63) is 22.4 Å². The van der Waals surface area contributed by atoms with Gasteiger partial charge in [0, 0.05) is 4.88 Å². The van der Waals surface area contributed by atoms with Gasteiger partial charge in [-0.2, -0.15) is 0 Å². The van der Waals surface area contributed by atoms with Crippen LogP contribution in [0.3, 0.4) is 0 Å². The van der Waals surface area contributed by atoms with E-state index in [-0.39, 0.29) is 10.7 Å². The molecule has 12 heavy (non-hydrogen) atoms. The number of rotatable bonds is 3. The minimum absolute atomic E-state index is 0.0309. The lowest BCUT2D eigenvalue weighted by Crippen LogP contribution is -2.28. The van der Waals surface area contributed by atoms with Crippen molar-refractivity contribution >= 4 is 33.2 Å². The summed E-state index contributed by atoms with van der Waals surface area (Å²) in [7, 11) is 0. The van der Waals surface area contributed by atoms with Gasteiger partial charge in [0.1, 0.15) is 0 Å². The molecule has 0 radical (unpaired) electrons. The van der Waals surface area contributed by atoms with Gasteiger partial charge < -0.3 is 5.32 Å². The van der Waals surface area contributed by atoms with Crippen LogP contribution in [0.2, 0.25) is 0 Å². The van der Waals surface area contributed by atoms with E-state index in [1.54, 1.807) is 11.3 Å². The number of carbonyl (C=O) groups is 1. The van der Waals surface area contributed by atoms with Crippen LogP contribution in [0.5, 0.6) is 0 Å². The van der Waals surface area contributed by atoms with E-state index in [0.29, 0.717) is 6.54 Å². The lowest BCUT2D eigenvalue weighted by molar-refractivity contribution is -0.120. The summed E-state index contributed by atoms with van der Waals surface area (Å²) in [6.07, 6.45) is 0. The van der Waals surface area contributed by atoms with Crippen molar-refractivity contribution in [2.75, 3.05) is 0 Å². The number of thiophene rings is 1. The smallest absolute Gasteiger partial charge is 0.233 e. The quantitative estimate of drug-likeness (QED) is 0.816. The van der Waals surface area contributed by atoms with E-state index < -0.39 is 0 Å². The molecule has 1 aromatic rings. The summed E-state index contributed by atoms with van der Waals surface area (Å²) in [5, 5.41) is 4.81. The third kappa shape index (κ3) is 2.95. The molecule has 0 aliphatic carbocycles. The van der Waals surface area contributed by atoms with Gasteiger partial charge >= 0.3 is 0 Å². The van der Waals surface area contributed by atoms with E-state index in [1.807, 2.05) is 24.4 Å². The first-order valence-corrected chi connectivity index (χ1v) is 5.44. The lowest BCUT2D eigenvalue weighted by Gasteiger charge is -2.03. The highest BCUT2D eigenvalue weighted by atomic mass is 79.9. The summed E-state index contributed by atoms with van der Waals surface area (Å²) in [5.41, 5.74) is 0. The van der Waals surface area contributed by atoms with Gasteiger partial charge in [-0.25, -0.2) is 0 Å². The maximum Gasteiger partial charge on any atom is 0.233 e. The molecule has 2 nitrogen and oxygen atoms in total. The van der Waals surface area contributed by atoms with Gasteiger partial charge in [0.25, 0.3) is 0 Å². The molecule has 66 valence electrons. The molecule has 1 rings (SSSR count). The Balaban J connectivity index is 2.32. The molecule has 0 aromatic carbocycles. The maximum absolute atomic E-state index is 11.1. The Morgan fingerprint density at radius 3 is 3.08 bits per heavy atom. The molecule has 0 spiro atoms. The van der Waals surface area contributed by atoms with Gasteiger partial charge in [0.2, 0.25) is 5.91 Å². The van der Waals surface area contributed by atoms with Gasteiger partial charge in [0.15, 0.2) is 0 Å². The van der Waals surface area contributed by atoms with Crippen LogP contribution in [-0.4, -0.2) is 10.7 Å². The van der Waals surface area contributed by atoms with Crippen LogP contribution >= 0.6 is 27.3 Å². The Bertz CT molecular complexity index is 246. The molecular weight excluding hydrogens is 238 g/mol. The van der Waals surface area contributed by atoms with Crippen molar-refractivity contribution < 1.29 is 4.79 Å². The van der Waals surface area contributed by atoms with Gasteiger partial charge in [-0.05, 0) is 18.4 Å². The Morgan fingerprint density at radius 1 is 1.83 bits per heavy atom. The van der Waals surface area contributed by atoms with Gasteiger partial charge in [-0.3, -0.25) is 4.79 Å². The van der Waals surface area contributed by atoms with Crippen LogP contribution < -0.4 is 5.32 Å². The molecule has 0 fully saturated rings. The number of halogens is 1. The molecule has 0 saturated carbocycles. The summed E-state index contributed by atoms with van der Waals surface area (Å²) < 4.78 is 0. The Hall–Kier alpha value is -0.350. The standard InChI is InChI=1S/C8H10BrNOS/c1-6(9)8(11)10-5-7-3-2-4-12-7/h2-4,6H,5H2,1H3,(H,10,11). The molecule has 1 heterocycles. The molecule has 0 saturated heterocycles. The summed E-state index contributed by atoms with van der Waals surface area (Å²) in [6.45, 7) is 2.44. The number of hydrogen-bond acceptors (Lipinski definition) is 2. The number of amides is 1. The van der Waals surface area contributed by atoms with Crippen molar-refractivity contribution in [2.24, 2.45) is 0 Å². The molecule has 1 N–H and O–H groups in total.